The molecule has 2 aromatic heterocycles. The third-order valence-electron chi connectivity index (χ3n) is 4.70. The van der Waals surface area contributed by atoms with E-state index in [0.717, 1.165) is 28.7 Å². The van der Waals surface area contributed by atoms with Crippen molar-refractivity contribution in [3.8, 4) is 5.69 Å². The van der Waals surface area contributed by atoms with Gasteiger partial charge in [0.05, 0.1) is 17.3 Å². The van der Waals surface area contributed by atoms with E-state index < -0.39 is 17.1 Å². The summed E-state index contributed by atoms with van der Waals surface area (Å²) in [5, 5.41) is 4.43. The Morgan fingerprint density at radius 1 is 1.29 bits per heavy atom. The standard InChI is InChI=1S/C19H18FN3O4S/c20-13-5-1-2-6-14(13)23-18(25)17-15(7-9-28-17)22(19(23)26)11-16(24)21-10-12-4-3-8-27-12/h1-2,5-7,9,12H,3-4,8,10-11H2,(H,21,24)/t12-/m0/s1. The van der Waals surface area contributed by atoms with Gasteiger partial charge in [-0.05, 0) is 36.4 Å². The number of nitrogens with one attached hydrogen (secondary N) is 1. The topological polar surface area (TPSA) is 82.3 Å². The van der Waals surface area contributed by atoms with Gasteiger partial charge in [-0.2, -0.15) is 0 Å². The molecule has 1 amide bonds. The van der Waals surface area contributed by atoms with Gasteiger partial charge in [-0.1, -0.05) is 12.1 Å². The van der Waals surface area contributed by atoms with E-state index in [9.17, 15) is 18.8 Å². The van der Waals surface area contributed by atoms with E-state index in [-0.39, 0.29) is 28.9 Å². The van der Waals surface area contributed by atoms with Gasteiger partial charge in [-0.15, -0.1) is 11.3 Å². The van der Waals surface area contributed by atoms with E-state index in [4.69, 9.17) is 4.74 Å². The van der Waals surface area contributed by atoms with Gasteiger partial charge in [0.15, 0.2) is 0 Å². The molecule has 3 aromatic rings. The van der Waals surface area contributed by atoms with Crippen molar-refractivity contribution in [1.82, 2.24) is 14.5 Å². The Morgan fingerprint density at radius 3 is 2.86 bits per heavy atom. The number of halogens is 1. The molecule has 1 N–H and O–H groups in total. The molecule has 0 saturated carbocycles. The number of benzene rings is 1. The zero-order valence-corrected chi connectivity index (χ0v) is 15.7. The lowest BCUT2D eigenvalue weighted by molar-refractivity contribution is -0.122. The number of nitrogens with zero attached hydrogens (tertiary/aromatic N) is 2. The van der Waals surface area contributed by atoms with Crippen LogP contribution in [0.5, 0.6) is 0 Å². The Balaban J connectivity index is 1.73. The molecule has 0 aliphatic carbocycles. The van der Waals surface area contributed by atoms with Gasteiger partial charge in [0.25, 0.3) is 5.56 Å². The molecule has 1 fully saturated rings. The fraction of sp³-hybridized carbons (Fsp3) is 0.316. The number of para-hydroxylation sites is 1. The summed E-state index contributed by atoms with van der Waals surface area (Å²) in [7, 11) is 0. The lowest BCUT2D eigenvalue weighted by Gasteiger charge is -2.14. The molecular weight excluding hydrogens is 385 g/mol. The van der Waals surface area contributed by atoms with Gasteiger partial charge < -0.3 is 10.1 Å². The van der Waals surface area contributed by atoms with Crippen LogP contribution in [-0.2, 0) is 16.1 Å². The molecule has 1 atom stereocenters. The van der Waals surface area contributed by atoms with Crippen LogP contribution in [0.1, 0.15) is 12.8 Å². The molecule has 1 aliphatic heterocycles. The van der Waals surface area contributed by atoms with E-state index in [1.54, 1.807) is 17.5 Å². The molecule has 1 aliphatic rings. The monoisotopic (exact) mass is 403 g/mol. The average molecular weight is 403 g/mol. The maximum Gasteiger partial charge on any atom is 0.336 e. The van der Waals surface area contributed by atoms with Crippen molar-refractivity contribution in [2.45, 2.75) is 25.5 Å². The first-order chi connectivity index (χ1) is 13.6. The Bertz CT molecular complexity index is 1140. The summed E-state index contributed by atoms with van der Waals surface area (Å²) in [4.78, 5) is 38.2. The minimum absolute atomic E-state index is 0.0193. The summed E-state index contributed by atoms with van der Waals surface area (Å²) in [6, 6.07) is 7.17. The van der Waals surface area contributed by atoms with Gasteiger partial charge in [0.2, 0.25) is 5.91 Å². The molecule has 28 heavy (non-hydrogen) atoms. The predicted molar refractivity (Wildman–Crippen MR) is 104 cm³/mol. The minimum Gasteiger partial charge on any atom is -0.376 e. The van der Waals surface area contributed by atoms with Gasteiger partial charge in [0, 0.05) is 13.2 Å². The molecule has 1 aromatic carbocycles. The summed E-state index contributed by atoms with van der Waals surface area (Å²) < 4.78 is 22.0. The van der Waals surface area contributed by atoms with Gasteiger partial charge in [-0.25, -0.2) is 13.8 Å². The van der Waals surface area contributed by atoms with Crippen LogP contribution in [-0.4, -0.2) is 34.3 Å². The van der Waals surface area contributed by atoms with Crippen LogP contribution in [0.3, 0.4) is 0 Å². The molecule has 0 bridgehead atoms. The van der Waals surface area contributed by atoms with E-state index in [0.29, 0.717) is 18.7 Å². The number of thiophene rings is 1. The molecule has 0 radical (unpaired) electrons. The Hall–Kier alpha value is -2.78. The SMILES string of the molecule is O=C(Cn1c(=O)n(-c2ccccc2F)c(=O)c2sccc21)NC[C@@H]1CCCO1. The summed E-state index contributed by atoms with van der Waals surface area (Å²) >= 11 is 1.15. The minimum atomic E-state index is -0.756. The fourth-order valence-corrected chi connectivity index (χ4v) is 4.14. The van der Waals surface area contributed by atoms with Crippen molar-refractivity contribution in [1.29, 1.82) is 0 Å². The molecule has 3 heterocycles. The lowest BCUT2D eigenvalue weighted by Crippen LogP contribution is -2.42. The summed E-state index contributed by atoms with van der Waals surface area (Å²) in [6.45, 7) is 0.782. The van der Waals surface area contributed by atoms with Crippen LogP contribution in [0, 0.1) is 5.82 Å². The number of carbonyl (C=O) groups excluding carboxylic acids is 1. The summed E-state index contributed by atoms with van der Waals surface area (Å²) in [5.41, 5.74) is -1.13. The molecule has 0 unspecified atom stereocenters. The number of ether oxygens (including phenoxy) is 1. The van der Waals surface area contributed by atoms with E-state index in [2.05, 4.69) is 5.32 Å². The highest BCUT2D eigenvalue weighted by atomic mass is 32.1. The van der Waals surface area contributed by atoms with Gasteiger partial charge in [-0.3, -0.25) is 14.2 Å². The number of hydrogen-bond donors (Lipinski definition) is 1. The third kappa shape index (κ3) is 3.38. The number of fused-ring (bicyclic) bond motifs is 1. The molecular formula is C19H18FN3O4S. The number of amides is 1. The molecule has 1 saturated heterocycles. The highest BCUT2D eigenvalue weighted by Crippen LogP contribution is 2.17. The number of rotatable bonds is 5. The Morgan fingerprint density at radius 2 is 2.11 bits per heavy atom. The van der Waals surface area contributed by atoms with E-state index in [1.807, 2.05) is 0 Å². The highest BCUT2D eigenvalue weighted by molar-refractivity contribution is 7.17. The summed E-state index contributed by atoms with van der Waals surface area (Å²) in [5.74, 6) is -1.06. The van der Waals surface area contributed by atoms with Crippen LogP contribution in [0.4, 0.5) is 4.39 Å². The van der Waals surface area contributed by atoms with Crippen molar-refractivity contribution >= 4 is 27.5 Å². The zero-order valence-electron chi connectivity index (χ0n) is 14.9. The van der Waals surface area contributed by atoms with Crippen LogP contribution in [0.2, 0.25) is 0 Å². The smallest absolute Gasteiger partial charge is 0.336 e. The van der Waals surface area contributed by atoms with Crippen molar-refractivity contribution in [3.63, 3.8) is 0 Å². The first-order valence-corrected chi connectivity index (χ1v) is 9.80. The van der Waals surface area contributed by atoms with Crippen molar-refractivity contribution in [3.05, 3.63) is 62.4 Å². The van der Waals surface area contributed by atoms with Crippen LogP contribution >= 0.6 is 11.3 Å². The number of aromatic nitrogens is 2. The first-order valence-electron chi connectivity index (χ1n) is 8.92. The van der Waals surface area contributed by atoms with Crippen LogP contribution in [0.15, 0.2) is 45.3 Å². The predicted octanol–water partition coefficient (Wildman–Crippen LogP) is 1.65. The molecule has 7 nitrogen and oxygen atoms in total. The second-order valence-electron chi connectivity index (χ2n) is 6.53. The normalized spacial score (nSPS) is 16.5. The maximum absolute atomic E-state index is 14.3. The summed E-state index contributed by atoms with van der Waals surface area (Å²) in [6.07, 6.45) is 1.82. The Labute approximate surface area is 163 Å². The number of carbonyl (C=O) groups is 1. The maximum atomic E-state index is 14.3. The fourth-order valence-electron chi connectivity index (χ4n) is 3.32. The quantitative estimate of drug-likeness (QED) is 0.702. The molecule has 146 valence electrons. The lowest BCUT2D eigenvalue weighted by atomic mass is 10.2. The number of hydrogen-bond acceptors (Lipinski definition) is 5. The zero-order chi connectivity index (χ0) is 19.7. The molecule has 9 heteroatoms. The van der Waals surface area contributed by atoms with Crippen molar-refractivity contribution in [2.24, 2.45) is 0 Å². The third-order valence-corrected chi connectivity index (χ3v) is 5.59. The average Bonchev–Trinajstić information content (AvgIpc) is 3.37. The van der Waals surface area contributed by atoms with Crippen LogP contribution in [0.25, 0.3) is 15.9 Å². The molecule has 0 spiro atoms. The van der Waals surface area contributed by atoms with Crippen molar-refractivity contribution in [2.75, 3.05) is 13.2 Å². The van der Waals surface area contributed by atoms with E-state index >= 15 is 0 Å². The van der Waals surface area contributed by atoms with Gasteiger partial charge in [0.1, 0.15) is 17.1 Å². The highest BCUT2D eigenvalue weighted by Gasteiger charge is 2.20. The largest absolute Gasteiger partial charge is 0.376 e. The van der Waals surface area contributed by atoms with Crippen LogP contribution < -0.4 is 16.6 Å². The second-order valence-corrected chi connectivity index (χ2v) is 7.45. The van der Waals surface area contributed by atoms with Gasteiger partial charge >= 0.3 is 5.69 Å². The second kappa shape index (κ2) is 7.69. The Kier molecular flexibility index (Phi) is 5.10. The first kappa shape index (κ1) is 18.6. The molecule has 4 rings (SSSR count). The van der Waals surface area contributed by atoms with E-state index in [1.165, 1.54) is 22.8 Å². The van der Waals surface area contributed by atoms with Crippen molar-refractivity contribution < 1.29 is 13.9 Å².